The number of aromatic carboxylic acids is 1. The number of ether oxygens (including phenoxy) is 3. The number of alkyl carbamates (subject to hydrolysis) is 1. The predicted molar refractivity (Wildman–Crippen MR) is 108 cm³/mol. The summed E-state index contributed by atoms with van der Waals surface area (Å²) in [6.45, 7) is -0.156. The molecular formula is C20H23N4O8+. The third kappa shape index (κ3) is 4.60. The molecule has 0 radical (unpaired) electrons. The van der Waals surface area contributed by atoms with E-state index in [1.54, 1.807) is 0 Å². The topological polar surface area (TPSA) is 164 Å². The maximum absolute atomic E-state index is 12.8. The van der Waals surface area contributed by atoms with Crippen LogP contribution in [-0.4, -0.2) is 78.6 Å². The highest BCUT2D eigenvalue weighted by atomic mass is 16.6. The van der Waals surface area contributed by atoms with Crippen LogP contribution in [0.2, 0.25) is 0 Å². The highest BCUT2D eigenvalue weighted by molar-refractivity contribution is 6.03. The van der Waals surface area contributed by atoms with E-state index in [1.165, 1.54) is 50.6 Å². The third-order valence-corrected chi connectivity index (χ3v) is 5.14. The molecular weight excluding hydrogens is 424 g/mol. The van der Waals surface area contributed by atoms with Gasteiger partial charge < -0.3 is 24.6 Å². The number of carboxylic acid groups (broad SMARTS) is 1. The van der Waals surface area contributed by atoms with Crippen molar-refractivity contribution in [3.63, 3.8) is 0 Å². The molecule has 12 heteroatoms. The van der Waals surface area contributed by atoms with Crippen LogP contribution in [0.3, 0.4) is 0 Å². The molecule has 0 saturated carbocycles. The SMILES string of the molecule is CNC(=O)OC[C@@H]1C[C@@H](OC(=O)c2ccccc2C(=O)O)[C@H]([N+]2(C)C=CC(=N)NC2=O)O1. The Morgan fingerprint density at radius 2 is 2.00 bits per heavy atom. The van der Waals surface area contributed by atoms with E-state index >= 15 is 0 Å². The van der Waals surface area contributed by atoms with E-state index in [0.717, 1.165) is 0 Å². The molecule has 0 bridgehead atoms. The molecule has 2 aliphatic rings. The monoisotopic (exact) mass is 447 g/mol. The van der Waals surface area contributed by atoms with Gasteiger partial charge in [0.05, 0.1) is 18.2 Å². The average Bonchev–Trinajstić information content (AvgIpc) is 3.18. The average molecular weight is 447 g/mol. The highest BCUT2D eigenvalue weighted by Gasteiger charge is 2.54. The molecule has 1 unspecified atom stereocenters. The first-order valence-electron chi connectivity index (χ1n) is 9.64. The van der Waals surface area contributed by atoms with Crippen molar-refractivity contribution >= 4 is 29.9 Å². The number of hydrogen-bond acceptors (Lipinski definition) is 8. The largest absolute Gasteiger partial charge is 0.478 e. The first-order valence-corrected chi connectivity index (χ1v) is 9.64. The molecule has 0 aliphatic carbocycles. The molecule has 170 valence electrons. The first kappa shape index (κ1) is 22.9. The molecule has 4 N–H and O–H groups in total. The number of nitrogens with one attached hydrogen (secondary N) is 3. The molecule has 2 heterocycles. The zero-order valence-electron chi connectivity index (χ0n) is 17.4. The molecule has 4 atom stereocenters. The second-order valence-corrected chi connectivity index (χ2v) is 7.33. The molecule has 1 aromatic carbocycles. The smallest absolute Gasteiger partial charge is 0.428 e. The summed E-state index contributed by atoms with van der Waals surface area (Å²) in [7, 11) is 2.91. The number of quaternary nitrogens is 1. The van der Waals surface area contributed by atoms with Gasteiger partial charge in [0, 0.05) is 19.5 Å². The summed E-state index contributed by atoms with van der Waals surface area (Å²) in [5, 5.41) is 21.6. The summed E-state index contributed by atoms with van der Waals surface area (Å²) in [5.41, 5.74) is -0.371. The van der Waals surface area contributed by atoms with Crippen LogP contribution in [-0.2, 0) is 14.2 Å². The number of carbonyl (C=O) groups is 4. The van der Waals surface area contributed by atoms with E-state index < -0.39 is 47.0 Å². The zero-order valence-corrected chi connectivity index (χ0v) is 17.4. The molecule has 0 aromatic heterocycles. The Bertz CT molecular complexity index is 994. The van der Waals surface area contributed by atoms with Crippen molar-refractivity contribution in [2.24, 2.45) is 0 Å². The minimum Gasteiger partial charge on any atom is -0.478 e. The van der Waals surface area contributed by atoms with Gasteiger partial charge in [0.2, 0.25) is 6.23 Å². The van der Waals surface area contributed by atoms with Gasteiger partial charge in [-0.25, -0.2) is 19.2 Å². The number of rotatable bonds is 6. The van der Waals surface area contributed by atoms with Crippen LogP contribution in [0.1, 0.15) is 27.1 Å². The fourth-order valence-corrected chi connectivity index (χ4v) is 3.47. The Hall–Kier alpha value is -3.77. The van der Waals surface area contributed by atoms with Crippen LogP contribution in [0.4, 0.5) is 9.59 Å². The van der Waals surface area contributed by atoms with Crippen LogP contribution < -0.4 is 10.6 Å². The van der Waals surface area contributed by atoms with E-state index in [0.29, 0.717) is 0 Å². The zero-order chi connectivity index (χ0) is 23.5. The summed E-state index contributed by atoms with van der Waals surface area (Å²) >= 11 is 0. The fourth-order valence-electron chi connectivity index (χ4n) is 3.47. The molecule has 2 aliphatic heterocycles. The molecule has 1 aromatic rings. The fraction of sp³-hybridized carbons (Fsp3) is 0.350. The number of nitrogens with zero attached hydrogens (tertiary/aromatic N) is 1. The Labute approximate surface area is 182 Å². The Kier molecular flexibility index (Phi) is 6.55. The highest BCUT2D eigenvalue weighted by Crippen LogP contribution is 2.32. The van der Waals surface area contributed by atoms with Gasteiger partial charge in [-0.1, -0.05) is 12.1 Å². The van der Waals surface area contributed by atoms with Crippen LogP contribution in [0.25, 0.3) is 0 Å². The second kappa shape index (κ2) is 9.16. The van der Waals surface area contributed by atoms with Crippen molar-refractivity contribution < 1.29 is 43.0 Å². The van der Waals surface area contributed by atoms with Gasteiger partial charge in [0.25, 0.3) is 0 Å². The van der Waals surface area contributed by atoms with Crippen molar-refractivity contribution in [2.75, 3.05) is 20.7 Å². The summed E-state index contributed by atoms with van der Waals surface area (Å²) in [6.07, 6.45) is -0.478. The Morgan fingerprint density at radius 3 is 2.62 bits per heavy atom. The third-order valence-electron chi connectivity index (χ3n) is 5.14. The normalized spacial score (nSPS) is 26.9. The van der Waals surface area contributed by atoms with Crippen molar-refractivity contribution in [3.05, 3.63) is 47.7 Å². The number of amides is 3. The minimum absolute atomic E-state index is 0.0923. The van der Waals surface area contributed by atoms with E-state index in [9.17, 15) is 24.3 Å². The number of benzene rings is 1. The van der Waals surface area contributed by atoms with Gasteiger partial charge in [-0.3, -0.25) is 10.7 Å². The number of urea groups is 1. The molecule has 32 heavy (non-hydrogen) atoms. The molecule has 3 rings (SSSR count). The van der Waals surface area contributed by atoms with Gasteiger partial charge in [-0.05, 0) is 12.1 Å². The molecule has 3 amide bonds. The van der Waals surface area contributed by atoms with Gasteiger partial charge in [0.1, 0.15) is 24.7 Å². The number of carboxylic acids is 1. The standard InChI is InChI=1S/C20H22N4O8/c1-22-20(29)30-10-11-9-14(16(31-11)24(2)8-7-15(21)23-19(24)28)32-18(27)13-6-4-3-5-12(13)17(25)26/h3-8,11,14,16H,9-10H2,1-2H3,(H3-,21,22,23,25,26,28,29)/p+1/t11-,14+,16+,24?/m0/s1. The van der Waals surface area contributed by atoms with Crippen LogP contribution >= 0.6 is 0 Å². The number of carbonyl (C=O) groups excluding carboxylic acids is 3. The molecule has 1 fully saturated rings. The van der Waals surface area contributed by atoms with Crippen LogP contribution in [0.5, 0.6) is 0 Å². The van der Waals surface area contributed by atoms with Crippen molar-refractivity contribution in [1.29, 1.82) is 5.41 Å². The van der Waals surface area contributed by atoms with E-state index in [4.69, 9.17) is 19.6 Å². The summed E-state index contributed by atoms with van der Waals surface area (Å²) in [5.74, 6) is -2.29. The summed E-state index contributed by atoms with van der Waals surface area (Å²) in [4.78, 5) is 48.3. The molecule has 1 saturated heterocycles. The van der Waals surface area contributed by atoms with E-state index in [-0.39, 0.29) is 30.0 Å². The maximum atomic E-state index is 12.8. The lowest BCUT2D eigenvalue weighted by Crippen LogP contribution is -2.62. The van der Waals surface area contributed by atoms with Gasteiger partial charge in [-0.2, -0.15) is 4.48 Å². The molecule has 12 nitrogen and oxygen atoms in total. The number of likely N-dealkylation sites (N-methyl/N-ethyl adjacent to an activating group) is 1. The van der Waals surface area contributed by atoms with Crippen LogP contribution in [0.15, 0.2) is 36.5 Å². The lowest BCUT2D eigenvalue weighted by atomic mass is 10.1. The van der Waals surface area contributed by atoms with Crippen molar-refractivity contribution in [1.82, 2.24) is 10.6 Å². The van der Waals surface area contributed by atoms with Gasteiger partial charge in [0.15, 0.2) is 6.10 Å². The summed E-state index contributed by atoms with van der Waals surface area (Å²) < 4.78 is 16.0. The van der Waals surface area contributed by atoms with E-state index in [2.05, 4.69) is 10.6 Å². The molecule has 0 spiro atoms. The number of esters is 1. The van der Waals surface area contributed by atoms with Gasteiger partial charge in [-0.15, -0.1) is 0 Å². The lowest BCUT2D eigenvalue weighted by Gasteiger charge is -2.36. The second-order valence-electron chi connectivity index (χ2n) is 7.33. The predicted octanol–water partition coefficient (Wildman–Crippen LogP) is 1.04. The van der Waals surface area contributed by atoms with Gasteiger partial charge >= 0.3 is 24.1 Å². The quantitative estimate of drug-likeness (QED) is 0.371. The van der Waals surface area contributed by atoms with E-state index in [1.807, 2.05) is 0 Å². The van der Waals surface area contributed by atoms with Crippen molar-refractivity contribution in [2.45, 2.75) is 24.9 Å². The summed E-state index contributed by atoms with van der Waals surface area (Å²) in [6, 6.07) is 5.02. The van der Waals surface area contributed by atoms with Crippen molar-refractivity contribution in [3.8, 4) is 0 Å². The first-order chi connectivity index (χ1) is 15.2. The minimum atomic E-state index is -1.29. The Balaban J connectivity index is 1.86. The Morgan fingerprint density at radius 1 is 1.31 bits per heavy atom. The maximum Gasteiger partial charge on any atom is 0.428 e. The lowest BCUT2D eigenvalue weighted by molar-refractivity contribution is -0.835. The number of hydrogen-bond donors (Lipinski definition) is 4. The van der Waals surface area contributed by atoms with Crippen LogP contribution in [0, 0.1) is 5.41 Å². The number of amidine groups is 1.